The van der Waals surface area contributed by atoms with Gasteiger partial charge in [-0.15, -0.1) is 0 Å². The Morgan fingerprint density at radius 1 is 0.673 bits per heavy atom. The molecule has 0 bridgehead atoms. The predicted molar refractivity (Wildman–Crippen MR) is 229 cm³/mol. The number of hydrogen-bond donors (Lipinski definition) is 1. The van der Waals surface area contributed by atoms with Crippen LogP contribution in [0.15, 0.2) is 187 Å². The van der Waals surface area contributed by atoms with Crippen LogP contribution in [0, 0.1) is 0 Å². The molecule has 1 atom stereocenters. The minimum absolute atomic E-state index is 0.376. The molecule has 3 heteroatoms. The van der Waals surface area contributed by atoms with Gasteiger partial charge in [0.25, 0.3) is 0 Å². The van der Waals surface area contributed by atoms with Gasteiger partial charge in [-0.05, 0) is 69.6 Å². The number of allylic oxidation sites excluding steroid dienone is 1. The molecule has 2 N–H and O–H groups in total. The summed E-state index contributed by atoms with van der Waals surface area (Å²) in [4.78, 5) is 5.17. The van der Waals surface area contributed by atoms with Crippen LogP contribution in [-0.2, 0) is 12.0 Å². The quantitative estimate of drug-likeness (QED) is 0.130. The molecule has 0 saturated heterocycles. The molecule has 0 spiro atoms. The molecule has 7 aromatic carbocycles. The third-order valence-corrected chi connectivity index (χ3v) is 11.8. The number of nitrogens with two attached hydrogens (primary N) is 1. The maximum absolute atomic E-state index is 6.46. The van der Waals surface area contributed by atoms with Crippen molar-refractivity contribution in [3.05, 3.63) is 232 Å². The molecule has 1 heterocycles. The number of para-hydroxylation sites is 1. The summed E-state index contributed by atoms with van der Waals surface area (Å²) in [7, 11) is 0. The first-order valence-corrected chi connectivity index (χ1v) is 19.3. The van der Waals surface area contributed by atoms with E-state index in [0.717, 1.165) is 40.2 Å². The average Bonchev–Trinajstić information content (AvgIpc) is 3.74. The van der Waals surface area contributed by atoms with Crippen molar-refractivity contribution in [2.45, 2.75) is 31.2 Å². The number of nitrogen functional groups attached to an aromatic ring is 1. The van der Waals surface area contributed by atoms with Crippen LogP contribution in [0.5, 0.6) is 0 Å². The minimum Gasteiger partial charge on any atom is -0.398 e. The monoisotopic (exact) mass is 707 g/mol. The first-order chi connectivity index (χ1) is 27.1. The Labute approximate surface area is 322 Å². The highest BCUT2D eigenvalue weighted by Gasteiger charge is 2.46. The van der Waals surface area contributed by atoms with E-state index in [2.05, 4.69) is 163 Å². The van der Waals surface area contributed by atoms with Crippen molar-refractivity contribution in [3.8, 4) is 16.8 Å². The lowest BCUT2D eigenvalue weighted by atomic mass is 9.67. The maximum atomic E-state index is 6.46. The standard InChI is InChI=1S/C52H41N3/c1-35-15-14-23-44-43-32-29-39(52(38-18-6-3-7-19-38)46-24-11-8-20-41(46)42-21-9-12-25-47(42)52)33-49(43)55(51(35)44)40-30-27-36(28-31-40)34-54-50(37-16-4-2-5-17-37)45-22-10-13-26-48(45)53/h2-14,16-33,35H,15,34,53H2,1H3. The zero-order chi connectivity index (χ0) is 36.9. The zero-order valence-corrected chi connectivity index (χ0v) is 30.9. The number of rotatable bonds is 7. The second-order valence-electron chi connectivity index (χ2n) is 14.9. The Morgan fingerprint density at radius 2 is 1.31 bits per heavy atom. The first-order valence-electron chi connectivity index (χ1n) is 19.3. The van der Waals surface area contributed by atoms with Crippen LogP contribution < -0.4 is 5.73 Å². The van der Waals surface area contributed by atoms with Gasteiger partial charge in [0, 0.05) is 45.1 Å². The topological polar surface area (TPSA) is 43.3 Å². The second-order valence-corrected chi connectivity index (χ2v) is 14.9. The van der Waals surface area contributed by atoms with Gasteiger partial charge in [0.15, 0.2) is 0 Å². The molecule has 1 unspecified atom stereocenters. The molecule has 2 aliphatic rings. The Morgan fingerprint density at radius 3 is 2.02 bits per heavy atom. The summed E-state index contributed by atoms with van der Waals surface area (Å²) in [5.41, 5.74) is 23.7. The molecular formula is C52H41N3. The molecule has 0 amide bonds. The summed E-state index contributed by atoms with van der Waals surface area (Å²) < 4.78 is 2.53. The fourth-order valence-corrected chi connectivity index (χ4v) is 9.28. The Balaban J connectivity index is 1.13. The second kappa shape index (κ2) is 13.3. The lowest BCUT2D eigenvalue weighted by Crippen LogP contribution is -2.28. The van der Waals surface area contributed by atoms with Gasteiger partial charge in [-0.3, -0.25) is 4.99 Å². The van der Waals surface area contributed by atoms with E-state index in [9.17, 15) is 0 Å². The number of anilines is 1. The Hall–Kier alpha value is -6.71. The van der Waals surface area contributed by atoms with Gasteiger partial charge in [0.05, 0.1) is 23.2 Å². The summed E-state index contributed by atoms with van der Waals surface area (Å²) in [6.07, 6.45) is 5.69. The van der Waals surface area contributed by atoms with E-state index in [4.69, 9.17) is 10.7 Å². The van der Waals surface area contributed by atoms with E-state index >= 15 is 0 Å². The minimum atomic E-state index is -0.458. The highest BCUT2D eigenvalue weighted by atomic mass is 15.0. The Bertz CT molecular complexity index is 2720. The largest absolute Gasteiger partial charge is 0.398 e. The number of benzene rings is 7. The van der Waals surface area contributed by atoms with E-state index in [1.54, 1.807) is 0 Å². The Kier molecular flexibility index (Phi) is 7.96. The average molecular weight is 708 g/mol. The molecule has 0 aliphatic heterocycles. The van der Waals surface area contributed by atoms with E-state index in [-0.39, 0.29) is 0 Å². The summed E-state index contributed by atoms with van der Waals surface area (Å²) in [6.45, 7) is 2.90. The van der Waals surface area contributed by atoms with Crippen molar-refractivity contribution >= 4 is 28.4 Å². The van der Waals surface area contributed by atoms with Crippen LogP contribution in [0.4, 0.5) is 5.69 Å². The molecule has 0 saturated carbocycles. The van der Waals surface area contributed by atoms with Crippen molar-refractivity contribution in [1.29, 1.82) is 0 Å². The fourth-order valence-electron chi connectivity index (χ4n) is 9.28. The fraction of sp³-hybridized carbons (Fsp3) is 0.0962. The highest BCUT2D eigenvalue weighted by molar-refractivity contribution is 6.15. The van der Waals surface area contributed by atoms with E-state index in [0.29, 0.717) is 12.5 Å². The predicted octanol–water partition coefficient (Wildman–Crippen LogP) is 12.1. The van der Waals surface area contributed by atoms with Crippen molar-refractivity contribution in [3.63, 3.8) is 0 Å². The number of fused-ring (bicyclic) bond motifs is 6. The summed E-state index contributed by atoms with van der Waals surface area (Å²) >= 11 is 0. The van der Waals surface area contributed by atoms with Crippen LogP contribution in [0.2, 0.25) is 0 Å². The summed E-state index contributed by atoms with van der Waals surface area (Å²) in [6, 6.07) is 63.6. The normalized spacial score (nSPS) is 15.4. The van der Waals surface area contributed by atoms with Gasteiger partial charge in [-0.1, -0.05) is 171 Å². The van der Waals surface area contributed by atoms with Crippen molar-refractivity contribution in [2.24, 2.45) is 4.99 Å². The number of aromatic nitrogens is 1. The third-order valence-electron chi connectivity index (χ3n) is 11.8. The summed E-state index contributed by atoms with van der Waals surface area (Å²) in [5.74, 6) is 0.376. The van der Waals surface area contributed by atoms with E-state index < -0.39 is 5.41 Å². The van der Waals surface area contributed by atoms with E-state index in [1.165, 1.54) is 55.5 Å². The van der Waals surface area contributed by atoms with Gasteiger partial charge >= 0.3 is 0 Å². The zero-order valence-electron chi connectivity index (χ0n) is 30.9. The van der Waals surface area contributed by atoms with Gasteiger partial charge in [-0.25, -0.2) is 0 Å². The third kappa shape index (κ3) is 5.22. The SMILES string of the molecule is CC1CC=Cc2c1n(-c1ccc(CN=C(c3ccccc3)c3ccccc3N)cc1)c1cc(C3(c4ccccc4)c4ccccc4-c4ccccc43)ccc21. The molecule has 1 aromatic heterocycles. The van der Waals surface area contributed by atoms with Gasteiger partial charge in [0.1, 0.15) is 0 Å². The number of aliphatic imine (C=N–C) groups is 1. The molecule has 8 aromatic rings. The molecule has 2 aliphatic carbocycles. The lowest BCUT2D eigenvalue weighted by molar-refractivity contribution is 0.723. The number of hydrogen-bond acceptors (Lipinski definition) is 2. The van der Waals surface area contributed by atoms with Crippen LogP contribution in [0.25, 0.3) is 33.8 Å². The van der Waals surface area contributed by atoms with Crippen LogP contribution in [0.1, 0.15) is 69.5 Å². The molecule has 0 fully saturated rings. The van der Waals surface area contributed by atoms with Crippen molar-refractivity contribution in [2.75, 3.05) is 5.73 Å². The first kappa shape index (κ1) is 32.9. The van der Waals surface area contributed by atoms with Gasteiger partial charge in [0.2, 0.25) is 0 Å². The van der Waals surface area contributed by atoms with Crippen LogP contribution in [0.3, 0.4) is 0 Å². The molecule has 55 heavy (non-hydrogen) atoms. The molecule has 264 valence electrons. The number of nitrogens with zero attached hydrogens (tertiary/aromatic N) is 2. The highest BCUT2D eigenvalue weighted by Crippen LogP contribution is 2.56. The van der Waals surface area contributed by atoms with Crippen molar-refractivity contribution in [1.82, 2.24) is 4.57 Å². The van der Waals surface area contributed by atoms with E-state index in [1.807, 2.05) is 36.4 Å². The lowest BCUT2D eigenvalue weighted by Gasteiger charge is -2.34. The van der Waals surface area contributed by atoms with Gasteiger partial charge in [-0.2, -0.15) is 0 Å². The maximum Gasteiger partial charge on any atom is 0.0743 e. The van der Waals surface area contributed by atoms with Gasteiger partial charge < -0.3 is 10.3 Å². The van der Waals surface area contributed by atoms with Crippen LogP contribution in [-0.4, -0.2) is 10.3 Å². The molecular weight excluding hydrogens is 667 g/mol. The van der Waals surface area contributed by atoms with Crippen LogP contribution >= 0.6 is 0 Å². The summed E-state index contributed by atoms with van der Waals surface area (Å²) in [5, 5.41) is 1.28. The molecule has 3 nitrogen and oxygen atoms in total. The molecule has 10 rings (SSSR count). The molecule has 0 radical (unpaired) electrons. The van der Waals surface area contributed by atoms with Crippen molar-refractivity contribution < 1.29 is 0 Å². The smallest absolute Gasteiger partial charge is 0.0743 e.